The van der Waals surface area contributed by atoms with Crippen LogP contribution in [0.1, 0.15) is 29.5 Å². The lowest BCUT2D eigenvalue weighted by Crippen LogP contribution is -2.23. The number of aliphatic carboxylic acids is 1. The Hall–Kier alpha value is -2.44. The van der Waals surface area contributed by atoms with E-state index in [1.54, 1.807) is 12.1 Å². The first kappa shape index (κ1) is 19.3. The van der Waals surface area contributed by atoms with Gasteiger partial charge in [-0.25, -0.2) is 4.39 Å². The predicted octanol–water partition coefficient (Wildman–Crippen LogP) is 3.02. The van der Waals surface area contributed by atoms with E-state index in [9.17, 15) is 19.4 Å². The van der Waals surface area contributed by atoms with E-state index >= 15 is 0 Å². The molecule has 1 aliphatic heterocycles. The molecule has 0 saturated carbocycles. The highest BCUT2D eigenvalue weighted by Gasteiger charge is 2.38. The van der Waals surface area contributed by atoms with Crippen molar-refractivity contribution >= 4 is 5.97 Å². The molecule has 0 amide bonds. The van der Waals surface area contributed by atoms with Crippen LogP contribution in [0.5, 0.6) is 5.75 Å². The van der Waals surface area contributed by atoms with Crippen LogP contribution in [-0.4, -0.2) is 40.8 Å². The van der Waals surface area contributed by atoms with Crippen LogP contribution in [0.3, 0.4) is 0 Å². The largest absolute Gasteiger partial charge is 0.494 e. The number of hydrogen-bond acceptors (Lipinski definition) is 4. The molecule has 0 spiro atoms. The van der Waals surface area contributed by atoms with Gasteiger partial charge in [0.1, 0.15) is 11.6 Å². The van der Waals surface area contributed by atoms with Crippen molar-refractivity contribution in [1.82, 2.24) is 4.90 Å². The molecule has 0 bridgehead atoms. The molecule has 0 aromatic heterocycles. The number of halogens is 1. The summed E-state index contributed by atoms with van der Waals surface area (Å²) in [6.45, 7) is 3.91. The number of nitrogens with zero attached hydrogens (tertiary/aromatic N) is 1. The summed E-state index contributed by atoms with van der Waals surface area (Å²) in [5, 5.41) is 19.2. The number of rotatable bonds is 7. The Morgan fingerprint density at radius 1 is 1.22 bits per heavy atom. The second kappa shape index (κ2) is 8.50. The maximum atomic E-state index is 13.2. The maximum absolute atomic E-state index is 13.2. The van der Waals surface area contributed by atoms with E-state index in [1.165, 1.54) is 12.1 Å². The normalized spacial score (nSPS) is 20.0. The number of carbonyl (C=O) groups is 1. The monoisotopic (exact) mass is 373 g/mol. The van der Waals surface area contributed by atoms with Gasteiger partial charge in [-0.15, -0.1) is 0 Å². The molecule has 0 unspecified atom stereocenters. The summed E-state index contributed by atoms with van der Waals surface area (Å²) in [6.07, 6.45) is 0. The molecule has 1 heterocycles. The van der Waals surface area contributed by atoms with Crippen molar-refractivity contribution < 1.29 is 24.1 Å². The van der Waals surface area contributed by atoms with Gasteiger partial charge in [-0.1, -0.05) is 18.2 Å². The Morgan fingerprint density at radius 3 is 2.59 bits per heavy atom. The molecular formula is C21H24FNO4. The highest BCUT2D eigenvalue weighted by molar-refractivity contribution is 5.72. The standard InChI is InChI=1S/C21H24FNO4/c1-2-27-20-8-3-14(9-16(20)13-24)10-23-11-18(19(12-23)21(25)26)15-4-6-17(22)7-5-15/h3-9,18-19,24H,2,10-13H2,1H3,(H,25,26)/t18-,19+/m0/s1. The number of hydrogen-bond donors (Lipinski definition) is 2. The second-order valence-corrected chi connectivity index (χ2v) is 6.83. The van der Waals surface area contributed by atoms with Gasteiger partial charge < -0.3 is 14.9 Å². The summed E-state index contributed by atoms with van der Waals surface area (Å²) in [7, 11) is 0. The second-order valence-electron chi connectivity index (χ2n) is 6.83. The summed E-state index contributed by atoms with van der Waals surface area (Å²) in [4.78, 5) is 13.8. The predicted molar refractivity (Wildman–Crippen MR) is 99.1 cm³/mol. The number of carboxylic acid groups (broad SMARTS) is 1. The molecule has 1 fully saturated rings. The van der Waals surface area contributed by atoms with Crippen molar-refractivity contribution in [2.75, 3.05) is 19.7 Å². The van der Waals surface area contributed by atoms with E-state index in [2.05, 4.69) is 4.90 Å². The molecular weight excluding hydrogens is 349 g/mol. The Labute approximate surface area is 158 Å². The Balaban J connectivity index is 1.76. The lowest BCUT2D eigenvalue weighted by Gasteiger charge is -2.17. The number of likely N-dealkylation sites (tertiary alicyclic amines) is 1. The molecule has 1 aliphatic rings. The third kappa shape index (κ3) is 4.46. The van der Waals surface area contributed by atoms with Crippen LogP contribution >= 0.6 is 0 Å². The fourth-order valence-electron chi connectivity index (χ4n) is 3.72. The van der Waals surface area contributed by atoms with Crippen molar-refractivity contribution in [2.24, 2.45) is 5.92 Å². The van der Waals surface area contributed by atoms with Gasteiger partial charge in [0.15, 0.2) is 0 Å². The van der Waals surface area contributed by atoms with Crippen LogP contribution in [0.25, 0.3) is 0 Å². The maximum Gasteiger partial charge on any atom is 0.308 e. The fraction of sp³-hybridized carbons (Fsp3) is 0.381. The van der Waals surface area contributed by atoms with Gasteiger partial charge in [-0.2, -0.15) is 0 Å². The number of aliphatic hydroxyl groups excluding tert-OH is 1. The highest BCUT2D eigenvalue weighted by Crippen LogP contribution is 2.34. The minimum absolute atomic E-state index is 0.112. The minimum Gasteiger partial charge on any atom is -0.494 e. The number of carboxylic acids is 1. The van der Waals surface area contributed by atoms with Crippen molar-refractivity contribution in [3.8, 4) is 5.75 Å². The lowest BCUT2D eigenvalue weighted by molar-refractivity contribution is -0.141. The summed E-state index contributed by atoms with van der Waals surface area (Å²) in [5.41, 5.74) is 2.55. The molecule has 144 valence electrons. The molecule has 0 radical (unpaired) electrons. The van der Waals surface area contributed by atoms with Gasteiger partial charge in [0.2, 0.25) is 0 Å². The van der Waals surface area contributed by atoms with E-state index in [-0.39, 0.29) is 18.3 Å². The van der Waals surface area contributed by atoms with Crippen LogP contribution in [-0.2, 0) is 17.9 Å². The zero-order valence-corrected chi connectivity index (χ0v) is 15.3. The summed E-state index contributed by atoms with van der Waals surface area (Å²) in [6, 6.07) is 11.7. The van der Waals surface area contributed by atoms with Crippen molar-refractivity contribution in [1.29, 1.82) is 0 Å². The van der Waals surface area contributed by atoms with Crippen LogP contribution in [0.2, 0.25) is 0 Å². The summed E-state index contributed by atoms with van der Waals surface area (Å²) in [5.74, 6) is -1.21. The molecule has 2 atom stereocenters. The first-order valence-electron chi connectivity index (χ1n) is 9.08. The van der Waals surface area contributed by atoms with E-state index in [0.717, 1.165) is 16.7 Å². The van der Waals surface area contributed by atoms with Crippen LogP contribution < -0.4 is 4.74 Å². The lowest BCUT2D eigenvalue weighted by atomic mass is 9.89. The molecule has 2 aromatic rings. The van der Waals surface area contributed by atoms with Gasteiger partial charge in [-0.3, -0.25) is 9.69 Å². The molecule has 27 heavy (non-hydrogen) atoms. The third-order valence-electron chi connectivity index (χ3n) is 5.01. The van der Waals surface area contributed by atoms with Gasteiger partial charge in [0, 0.05) is 31.1 Å². The zero-order valence-electron chi connectivity index (χ0n) is 15.3. The molecule has 2 N–H and O–H groups in total. The molecule has 1 saturated heterocycles. The van der Waals surface area contributed by atoms with Crippen LogP contribution in [0, 0.1) is 11.7 Å². The zero-order chi connectivity index (χ0) is 19.4. The van der Waals surface area contributed by atoms with Crippen LogP contribution in [0.15, 0.2) is 42.5 Å². The van der Waals surface area contributed by atoms with Gasteiger partial charge in [0.25, 0.3) is 0 Å². The highest BCUT2D eigenvalue weighted by atomic mass is 19.1. The SMILES string of the molecule is CCOc1ccc(CN2C[C@@H](C(=O)O)[C@H](c3ccc(F)cc3)C2)cc1CO. The van der Waals surface area contributed by atoms with E-state index < -0.39 is 11.9 Å². The minimum atomic E-state index is -0.838. The third-order valence-corrected chi connectivity index (χ3v) is 5.01. The fourth-order valence-corrected chi connectivity index (χ4v) is 3.72. The van der Waals surface area contributed by atoms with E-state index in [1.807, 2.05) is 25.1 Å². The van der Waals surface area contributed by atoms with E-state index in [0.29, 0.717) is 32.0 Å². The smallest absolute Gasteiger partial charge is 0.308 e. The number of aliphatic hydroxyl groups is 1. The quantitative estimate of drug-likeness (QED) is 0.781. The summed E-state index contributed by atoms with van der Waals surface area (Å²) >= 11 is 0. The number of benzene rings is 2. The van der Waals surface area contributed by atoms with Crippen molar-refractivity contribution in [3.05, 3.63) is 65.0 Å². The summed E-state index contributed by atoms with van der Waals surface area (Å²) < 4.78 is 18.7. The molecule has 6 heteroatoms. The van der Waals surface area contributed by atoms with Crippen molar-refractivity contribution in [2.45, 2.75) is 26.0 Å². The number of ether oxygens (including phenoxy) is 1. The van der Waals surface area contributed by atoms with Crippen molar-refractivity contribution in [3.63, 3.8) is 0 Å². The molecule has 5 nitrogen and oxygen atoms in total. The Bertz CT molecular complexity index is 793. The first-order valence-corrected chi connectivity index (χ1v) is 9.08. The average molecular weight is 373 g/mol. The Kier molecular flexibility index (Phi) is 6.08. The topological polar surface area (TPSA) is 70.0 Å². The van der Waals surface area contributed by atoms with Gasteiger partial charge in [-0.05, 0) is 42.3 Å². The average Bonchev–Trinajstić information content (AvgIpc) is 3.08. The van der Waals surface area contributed by atoms with Gasteiger partial charge >= 0.3 is 5.97 Å². The van der Waals surface area contributed by atoms with Gasteiger partial charge in [0.05, 0.1) is 19.1 Å². The first-order chi connectivity index (χ1) is 13.0. The molecule has 2 aromatic carbocycles. The van der Waals surface area contributed by atoms with Crippen LogP contribution in [0.4, 0.5) is 4.39 Å². The molecule has 0 aliphatic carbocycles. The molecule has 3 rings (SSSR count). The Morgan fingerprint density at radius 2 is 1.96 bits per heavy atom. The van der Waals surface area contributed by atoms with E-state index in [4.69, 9.17) is 4.74 Å².